The second-order valence-corrected chi connectivity index (χ2v) is 4.67. The molecule has 0 spiro atoms. The molecule has 5 heteroatoms. The highest BCUT2D eigenvalue weighted by molar-refractivity contribution is 5.73. The van der Waals surface area contributed by atoms with E-state index in [4.69, 9.17) is 0 Å². The van der Waals surface area contributed by atoms with Crippen molar-refractivity contribution in [1.82, 2.24) is 9.97 Å². The van der Waals surface area contributed by atoms with Gasteiger partial charge in [-0.05, 0) is 25.2 Å². The first kappa shape index (κ1) is 9.69. The number of hydrogen-bond donors (Lipinski definition) is 2. The van der Waals surface area contributed by atoms with Crippen molar-refractivity contribution in [3.8, 4) is 0 Å². The van der Waals surface area contributed by atoms with E-state index < -0.39 is 5.97 Å². The molecule has 1 aliphatic heterocycles. The number of H-pyrrole nitrogens is 1. The zero-order valence-corrected chi connectivity index (χ0v) is 8.97. The zero-order chi connectivity index (χ0) is 11.1. The summed E-state index contributed by atoms with van der Waals surface area (Å²) in [4.78, 5) is 20.6. The summed E-state index contributed by atoms with van der Waals surface area (Å²) in [7, 11) is 0. The molecule has 1 aliphatic carbocycles. The summed E-state index contributed by atoms with van der Waals surface area (Å²) >= 11 is 0. The van der Waals surface area contributed by atoms with E-state index in [2.05, 4.69) is 14.9 Å². The van der Waals surface area contributed by atoms with Gasteiger partial charge >= 0.3 is 5.97 Å². The highest BCUT2D eigenvalue weighted by atomic mass is 16.4. The molecule has 1 saturated heterocycles. The Bertz CT molecular complexity index is 386. The van der Waals surface area contributed by atoms with Gasteiger partial charge in [-0.3, -0.25) is 4.79 Å². The number of aliphatic carboxylic acids is 1. The summed E-state index contributed by atoms with van der Waals surface area (Å²) in [6.07, 6.45) is 6.55. The molecule has 1 saturated carbocycles. The molecule has 1 aromatic rings. The van der Waals surface area contributed by atoms with Gasteiger partial charge in [0.2, 0.25) is 5.95 Å². The first-order valence-corrected chi connectivity index (χ1v) is 5.76. The standard InChI is InChI=1S/C11H15N3O2/c15-10(16)8-3-6-14(9(8)7-1-2-7)11-12-4-5-13-11/h4-5,7-9H,1-3,6H2,(H,12,13)(H,15,16)/t8-,9+/m0/s1. The van der Waals surface area contributed by atoms with Crippen molar-refractivity contribution in [2.45, 2.75) is 25.3 Å². The van der Waals surface area contributed by atoms with E-state index in [0.717, 1.165) is 31.8 Å². The van der Waals surface area contributed by atoms with E-state index in [1.54, 1.807) is 12.4 Å². The molecule has 0 bridgehead atoms. The summed E-state index contributed by atoms with van der Waals surface area (Å²) in [5.41, 5.74) is 0. The summed E-state index contributed by atoms with van der Waals surface area (Å²) in [5.74, 6) is 0.484. The summed E-state index contributed by atoms with van der Waals surface area (Å²) in [6, 6.07) is 0.142. The smallest absolute Gasteiger partial charge is 0.308 e. The molecule has 16 heavy (non-hydrogen) atoms. The van der Waals surface area contributed by atoms with E-state index >= 15 is 0 Å². The molecule has 0 radical (unpaired) electrons. The Morgan fingerprint density at radius 1 is 1.50 bits per heavy atom. The Balaban J connectivity index is 1.86. The van der Waals surface area contributed by atoms with Crippen LogP contribution in [-0.4, -0.2) is 33.6 Å². The summed E-state index contributed by atoms with van der Waals surface area (Å²) in [6.45, 7) is 0.797. The van der Waals surface area contributed by atoms with Crippen LogP contribution >= 0.6 is 0 Å². The van der Waals surface area contributed by atoms with Gasteiger partial charge in [0.1, 0.15) is 0 Å². The Morgan fingerprint density at radius 2 is 2.31 bits per heavy atom. The highest BCUT2D eigenvalue weighted by Crippen LogP contribution is 2.43. The molecule has 2 aliphatic rings. The molecule has 2 N–H and O–H groups in total. The second kappa shape index (κ2) is 3.50. The average molecular weight is 221 g/mol. The number of hydrogen-bond acceptors (Lipinski definition) is 3. The van der Waals surface area contributed by atoms with Gasteiger partial charge in [-0.25, -0.2) is 4.98 Å². The monoisotopic (exact) mass is 221 g/mol. The lowest BCUT2D eigenvalue weighted by molar-refractivity contribution is -0.142. The Hall–Kier alpha value is -1.52. The maximum Gasteiger partial charge on any atom is 0.308 e. The van der Waals surface area contributed by atoms with E-state index in [1.807, 2.05) is 0 Å². The van der Waals surface area contributed by atoms with Crippen LogP contribution in [0.2, 0.25) is 0 Å². The second-order valence-electron chi connectivity index (χ2n) is 4.67. The maximum atomic E-state index is 11.2. The van der Waals surface area contributed by atoms with Gasteiger partial charge in [0.05, 0.1) is 5.92 Å². The van der Waals surface area contributed by atoms with Crippen molar-refractivity contribution in [3.63, 3.8) is 0 Å². The fraction of sp³-hybridized carbons (Fsp3) is 0.636. The Morgan fingerprint density at radius 3 is 2.88 bits per heavy atom. The number of imidazole rings is 1. The van der Waals surface area contributed by atoms with Crippen LogP contribution in [0.3, 0.4) is 0 Å². The topological polar surface area (TPSA) is 69.2 Å². The Labute approximate surface area is 93.5 Å². The van der Waals surface area contributed by atoms with Crippen LogP contribution in [0.25, 0.3) is 0 Å². The van der Waals surface area contributed by atoms with Crippen LogP contribution in [-0.2, 0) is 4.79 Å². The highest BCUT2D eigenvalue weighted by Gasteiger charge is 2.47. The number of nitrogens with one attached hydrogen (secondary N) is 1. The van der Waals surface area contributed by atoms with Crippen LogP contribution in [0.15, 0.2) is 12.4 Å². The van der Waals surface area contributed by atoms with Gasteiger partial charge in [-0.2, -0.15) is 0 Å². The van der Waals surface area contributed by atoms with Crippen LogP contribution in [0.4, 0.5) is 5.95 Å². The third kappa shape index (κ3) is 1.47. The third-order valence-electron chi connectivity index (χ3n) is 3.63. The summed E-state index contributed by atoms with van der Waals surface area (Å²) in [5, 5.41) is 9.22. The average Bonchev–Trinajstić information content (AvgIpc) is 2.82. The molecule has 0 unspecified atom stereocenters. The third-order valence-corrected chi connectivity index (χ3v) is 3.63. The minimum absolute atomic E-state index is 0.142. The number of nitrogens with zero attached hydrogens (tertiary/aromatic N) is 2. The number of aromatic amines is 1. The van der Waals surface area contributed by atoms with Crippen molar-refractivity contribution >= 4 is 11.9 Å². The van der Waals surface area contributed by atoms with Gasteiger partial charge in [-0.15, -0.1) is 0 Å². The molecular formula is C11H15N3O2. The van der Waals surface area contributed by atoms with E-state index in [9.17, 15) is 9.90 Å². The minimum atomic E-state index is -0.661. The Kier molecular flexibility index (Phi) is 2.12. The molecule has 5 nitrogen and oxygen atoms in total. The lowest BCUT2D eigenvalue weighted by Crippen LogP contribution is -2.38. The fourth-order valence-electron chi connectivity index (χ4n) is 2.77. The number of rotatable bonds is 3. The molecule has 2 fully saturated rings. The van der Waals surface area contributed by atoms with E-state index in [1.165, 1.54) is 0 Å². The number of anilines is 1. The van der Waals surface area contributed by atoms with Gasteiger partial charge in [0.25, 0.3) is 0 Å². The number of carboxylic acid groups (broad SMARTS) is 1. The molecule has 0 aromatic carbocycles. The largest absolute Gasteiger partial charge is 0.481 e. The molecule has 1 aromatic heterocycles. The van der Waals surface area contributed by atoms with Gasteiger partial charge in [0, 0.05) is 25.0 Å². The van der Waals surface area contributed by atoms with Gasteiger partial charge < -0.3 is 15.0 Å². The van der Waals surface area contributed by atoms with Crippen molar-refractivity contribution in [1.29, 1.82) is 0 Å². The molecule has 2 atom stereocenters. The van der Waals surface area contributed by atoms with Crippen molar-refractivity contribution < 1.29 is 9.90 Å². The predicted molar refractivity (Wildman–Crippen MR) is 58.2 cm³/mol. The summed E-state index contributed by atoms with van der Waals surface area (Å²) < 4.78 is 0. The van der Waals surface area contributed by atoms with Crippen LogP contribution < -0.4 is 4.90 Å². The maximum absolute atomic E-state index is 11.2. The normalized spacial score (nSPS) is 29.6. The molecule has 2 heterocycles. The first-order valence-electron chi connectivity index (χ1n) is 5.76. The van der Waals surface area contributed by atoms with Crippen LogP contribution in [0, 0.1) is 11.8 Å². The van der Waals surface area contributed by atoms with E-state index in [-0.39, 0.29) is 12.0 Å². The SMILES string of the molecule is O=C(O)[C@H]1CCN(c2ncc[nH]2)[C@@H]1C1CC1. The number of carboxylic acids is 1. The first-order chi connectivity index (χ1) is 7.77. The van der Waals surface area contributed by atoms with Crippen molar-refractivity contribution in [2.75, 3.05) is 11.4 Å². The van der Waals surface area contributed by atoms with Gasteiger partial charge in [0.15, 0.2) is 0 Å². The number of aromatic nitrogens is 2. The zero-order valence-electron chi connectivity index (χ0n) is 8.97. The van der Waals surface area contributed by atoms with Crippen molar-refractivity contribution in [2.24, 2.45) is 11.8 Å². The minimum Gasteiger partial charge on any atom is -0.481 e. The quantitative estimate of drug-likeness (QED) is 0.802. The molecular weight excluding hydrogens is 206 g/mol. The predicted octanol–water partition coefficient (Wildman–Crippen LogP) is 1.10. The van der Waals surface area contributed by atoms with Crippen molar-refractivity contribution in [3.05, 3.63) is 12.4 Å². The molecule has 0 amide bonds. The molecule has 86 valence electrons. The van der Waals surface area contributed by atoms with Gasteiger partial charge in [-0.1, -0.05) is 0 Å². The van der Waals surface area contributed by atoms with Crippen LogP contribution in [0.1, 0.15) is 19.3 Å². The number of carbonyl (C=O) groups is 1. The lowest BCUT2D eigenvalue weighted by atomic mass is 9.97. The molecule has 3 rings (SSSR count). The van der Waals surface area contributed by atoms with E-state index in [0.29, 0.717) is 5.92 Å². The fourth-order valence-corrected chi connectivity index (χ4v) is 2.77. The lowest BCUT2D eigenvalue weighted by Gasteiger charge is -2.26. The van der Waals surface area contributed by atoms with Crippen LogP contribution in [0.5, 0.6) is 0 Å².